The van der Waals surface area contributed by atoms with Gasteiger partial charge in [0.1, 0.15) is 5.82 Å². The molecule has 1 atom stereocenters. The fraction of sp³-hybridized carbons (Fsp3) is 0.222. The highest BCUT2D eigenvalue weighted by atomic mass is 19.1. The van der Waals surface area contributed by atoms with Crippen molar-refractivity contribution >= 4 is 5.84 Å². The summed E-state index contributed by atoms with van der Waals surface area (Å²) in [6, 6.07) is 6.02. The van der Waals surface area contributed by atoms with Crippen LogP contribution in [0.4, 0.5) is 4.39 Å². The second kappa shape index (κ2) is 3.34. The molecule has 2 nitrogen and oxygen atoms in total. The van der Waals surface area contributed by atoms with Crippen LogP contribution in [0.5, 0.6) is 0 Å². The van der Waals surface area contributed by atoms with Gasteiger partial charge in [-0.2, -0.15) is 0 Å². The molecule has 64 valence electrons. The maximum Gasteiger partial charge on any atom is 0.123 e. The Morgan fingerprint density at radius 2 is 1.92 bits per heavy atom. The Labute approximate surface area is 70.7 Å². The van der Waals surface area contributed by atoms with Crippen LogP contribution in [-0.2, 0) is 0 Å². The van der Waals surface area contributed by atoms with Gasteiger partial charge in [-0.1, -0.05) is 19.1 Å². The molecular weight excluding hydrogens is 155 g/mol. The minimum absolute atomic E-state index is 0.0987. The minimum Gasteiger partial charge on any atom is -0.387 e. The van der Waals surface area contributed by atoms with E-state index in [2.05, 4.69) is 0 Å². The molecule has 1 rings (SSSR count). The van der Waals surface area contributed by atoms with Gasteiger partial charge >= 0.3 is 0 Å². The summed E-state index contributed by atoms with van der Waals surface area (Å²) in [5.41, 5.74) is 6.16. The first-order valence-corrected chi connectivity index (χ1v) is 3.70. The van der Waals surface area contributed by atoms with Gasteiger partial charge in [-0.25, -0.2) is 4.39 Å². The summed E-state index contributed by atoms with van der Waals surface area (Å²) < 4.78 is 12.5. The van der Waals surface area contributed by atoms with Crippen LogP contribution in [0, 0.1) is 11.2 Å². The lowest BCUT2D eigenvalue weighted by atomic mass is 10.0. The van der Waals surface area contributed by atoms with Crippen molar-refractivity contribution in [1.82, 2.24) is 0 Å². The minimum atomic E-state index is -0.269. The molecule has 0 aliphatic rings. The fourth-order valence-corrected chi connectivity index (χ4v) is 0.931. The summed E-state index contributed by atoms with van der Waals surface area (Å²) in [6.07, 6.45) is 0. The highest BCUT2D eigenvalue weighted by Gasteiger charge is 2.07. The average molecular weight is 166 g/mol. The topological polar surface area (TPSA) is 49.9 Å². The number of nitrogens with one attached hydrogen (secondary N) is 1. The predicted molar refractivity (Wildman–Crippen MR) is 46.7 cm³/mol. The standard InChI is InChI=1S/C9H11FN2/c1-6(9(11)12)7-2-4-8(10)5-3-7/h2-6H,1H3,(H3,11,12). The first-order chi connectivity index (χ1) is 5.61. The molecule has 0 aromatic heterocycles. The SMILES string of the molecule is CC(C(=N)N)c1ccc(F)cc1. The van der Waals surface area contributed by atoms with E-state index >= 15 is 0 Å². The molecule has 1 aromatic rings. The van der Waals surface area contributed by atoms with Gasteiger partial charge in [0.25, 0.3) is 0 Å². The van der Waals surface area contributed by atoms with Gasteiger partial charge in [-0.3, -0.25) is 5.41 Å². The van der Waals surface area contributed by atoms with Crippen LogP contribution in [0.1, 0.15) is 18.4 Å². The zero-order chi connectivity index (χ0) is 9.14. The normalized spacial score (nSPS) is 12.5. The van der Waals surface area contributed by atoms with E-state index in [0.29, 0.717) is 0 Å². The maximum atomic E-state index is 12.5. The molecule has 12 heavy (non-hydrogen) atoms. The Morgan fingerprint density at radius 1 is 1.42 bits per heavy atom. The molecule has 0 saturated carbocycles. The summed E-state index contributed by atoms with van der Waals surface area (Å²) >= 11 is 0. The maximum absolute atomic E-state index is 12.5. The molecule has 0 aliphatic heterocycles. The molecule has 0 heterocycles. The average Bonchev–Trinajstić information content (AvgIpc) is 2.04. The molecule has 1 unspecified atom stereocenters. The van der Waals surface area contributed by atoms with Crippen LogP contribution >= 0.6 is 0 Å². The third-order valence-electron chi connectivity index (χ3n) is 1.84. The lowest BCUT2D eigenvalue weighted by Crippen LogP contribution is -2.17. The molecule has 3 N–H and O–H groups in total. The van der Waals surface area contributed by atoms with Crippen molar-refractivity contribution in [3.8, 4) is 0 Å². The molecule has 0 amide bonds. The monoisotopic (exact) mass is 166 g/mol. The fourth-order valence-electron chi connectivity index (χ4n) is 0.931. The number of hydrogen-bond acceptors (Lipinski definition) is 1. The summed E-state index contributed by atoms with van der Waals surface area (Å²) in [7, 11) is 0. The van der Waals surface area contributed by atoms with Crippen molar-refractivity contribution in [2.24, 2.45) is 5.73 Å². The first kappa shape index (κ1) is 8.71. The molecule has 0 bridgehead atoms. The van der Waals surface area contributed by atoms with Crippen LogP contribution in [0.2, 0.25) is 0 Å². The van der Waals surface area contributed by atoms with Gasteiger partial charge < -0.3 is 5.73 Å². The van der Waals surface area contributed by atoms with Gasteiger partial charge in [0, 0.05) is 5.92 Å². The van der Waals surface area contributed by atoms with Crippen LogP contribution in [0.15, 0.2) is 24.3 Å². The third-order valence-corrected chi connectivity index (χ3v) is 1.84. The number of nitrogens with two attached hydrogens (primary N) is 1. The number of rotatable bonds is 2. The molecule has 3 heteroatoms. The number of amidine groups is 1. The largest absolute Gasteiger partial charge is 0.387 e. The number of benzene rings is 1. The molecule has 0 saturated heterocycles. The Balaban J connectivity index is 2.89. The van der Waals surface area contributed by atoms with E-state index in [1.165, 1.54) is 12.1 Å². The van der Waals surface area contributed by atoms with Crippen LogP contribution in [-0.4, -0.2) is 5.84 Å². The van der Waals surface area contributed by atoms with Crippen molar-refractivity contribution in [2.45, 2.75) is 12.8 Å². The van der Waals surface area contributed by atoms with Crippen LogP contribution < -0.4 is 5.73 Å². The van der Waals surface area contributed by atoms with E-state index in [9.17, 15) is 4.39 Å². The lowest BCUT2D eigenvalue weighted by molar-refractivity contribution is 0.627. The Bertz CT molecular complexity index is 279. The predicted octanol–water partition coefficient (Wildman–Crippen LogP) is 1.87. The Kier molecular flexibility index (Phi) is 2.43. The second-order valence-electron chi connectivity index (χ2n) is 2.73. The van der Waals surface area contributed by atoms with Gasteiger partial charge in [0.2, 0.25) is 0 Å². The van der Waals surface area contributed by atoms with Crippen molar-refractivity contribution in [3.63, 3.8) is 0 Å². The molecule has 0 fully saturated rings. The second-order valence-corrected chi connectivity index (χ2v) is 2.73. The van der Waals surface area contributed by atoms with Crippen molar-refractivity contribution < 1.29 is 4.39 Å². The Morgan fingerprint density at radius 3 is 2.33 bits per heavy atom. The first-order valence-electron chi connectivity index (χ1n) is 3.70. The highest BCUT2D eigenvalue weighted by molar-refractivity contribution is 5.84. The van der Waals surface area contributed by atoms with Gasteiger partial charge in [-0.05, 0) is 17.7 Å². The van der Waals surface area contributed by atoms with E-state index in [-0.39, 0.29) is 17.6 Å². The van der Waals surface area contributed by atoms with Gasteiger partial charge in [0.05, 0.1) is 5.84 Å². The number of halogens is 1. The van der Waals surface area contributed by atoms with Crippen LogP contribution in [0.3, 0.4) is 0 Å². The summed E-state index contributed by atoms with van der Waals surface area (Å²) in [5, 5.41) is 7.18. The third kappa shape index (κ3) is 1.81. The van der Waals surface area contributed by atoms with E-state index in [1.807, 2.05) is 6.92 Å². The van der Waals surface area contributed by atoms with E-state index in [0.717, 1.165) is 5.56 Å². The van der Waals surface area contributed by atoms with Crippen molar-refractivity contribution in [1.29, 1.82) is 5.41 Å². The quantitative estimate of drug-likeness (QED) is 0.511. The van der Waals surface area contributed by atoms with Crippen molar-refractivity contribution in [2.75, 3.05) is 0 Å². The van der Waals surface area contributed by atoms with E-state index < -0.39 is 0 Å². The summed E-state index contributed by atoms with van der Waals surface area (Å²) in [6.45, 7) is 1.82. The molecule has 0 spiro atoms. The molecule has 1 aromatic carbocycles. The zero-order valence-electron chi connectivity index (χ0n) is 6.84. The molecule has 0 radical (unpaired) electrons. The summed E-state index contributed by atoms with van der Waals surface area (Å²) in [5.74, 6) is -0.304. The van der Waals surface area contributed by atoms with Gasteiger partial charge in [-0.15, -0.1) is 0 Å². The van der Waals surface area contributed by atoms with E-state index in [1.54, 1.807) is 12.1 Å². The van der Waals surface area contributed by atoms with Crippen LogP contribution in [0.25, 0.3) is 0 Å². The Hall–Kier alpha value is -1.38. The lowest BCUT2D eigenvalue weighted by Gasteiger charge is -2.08. The zero-order valence-corrected chi connectivity index (χ0v) is 6.84. The van der Waals surface area contributed by atoms with E-state index in [4.69, 9.17) is 11.1 Å². The van der Waals surface area contributed by atoms with Gasteiger partial charge in [0.15, 0.2) is 0 Å². The molecular formula is C9H11FN2. The molecule has 0 aliphatic carbocycles. The van der Waals surface area contributed by atoms with Crippen molar-refractivity contribution in [3.05, 3.63) is 35.6 Å². The number of hydrogen-bond donors (Lipinski definition) is 2. The summed E-state index contributed by atoms with van der Waals surface area (Å²) in [4.78, 5) is 0. The smallest absolute Gasteiger partial charge is 0.123 e. The highest BCUT2D eigenvalue weighted by Crippen LogP contribution is 2.14.